The molecule has 0 aliphatic carbocycles. The number of carboxylic acids is 1. The van der Waals surface area contributed by atoms with E-state index in [4.69, 9.17) is 5.11 Å². The number of amides is 1. The van der Waals surface area contributed by atoms with Gasteiger partial charge in [0.05, 0.1) is 5.56 Å². The average Bonchev–Trinajstić information content (AvgIpc) is 2.17. The smallest absolute Gasteiger partial charge is 0.354 e. The molecule has 0 aliphatic heterocycles. The fourth-order valence-corrected chi connectivity index (χ4v) is 0.922. The molecule has 1 aromatic heterocycles. The van der Waals surface area contributed by atoms with Gasteiger partial charge in [0.25, 0.3) is 5.91 Å². The van der Waals surface area contributed by atoms with Crippen LogP contribution < -0.4 is 5.43 Å². The Morgan fingerprint density at radius 3 is 2.47 bits per heavy atom. The van der Waals surface area contributed by atoms with Crippen molar-refractivity contribution < 1.29 is 14.7 Å². The van der Waals surface area contributed by atoms with Crippen molar-refractivity contribution in [1.82, 2.24) is 15.4 Å². The zero-order chi connectivity index (χ0) is 11.4. The first kappa shape index (κ1) is 11.1. The van der Waals surface area contributed by atoms with Crippen molar-refractivity contribution in [2.75, 3.05) is 14.1 Å². The van der Waals surface area contributed by atoms with Crippen LogP contribution >= 0.6 is 0 Å². The van der Waals surface area contributed by atoms with Crippen molar-refractivity contribution in [1.29, 1.82) is 0 Å². The van der Waals surface area contributed by atoms with E-state index in [-0.39, 0.29) is 11.6 Å². The number of nitrogens with zero attached hydrogens (tertiary/aromatic N) is 2. The SMILES string of the molecule is CN(C)NC(=O)c1ccc(C(=O)O)nc1. The molecular weight excluding hydrogens is 198 g/mol. The second kappa shape index (κ2) is 4.52. The summed E-state index contributed by atoms with van der Waals surface area (Å²) in [6.07, 6.45) is 1.22. The van der Waals surface area contributed by atoms with E-state index in [0.29, 0.717) is 5.56 Å². The van der Waals surface area contributed by atoms with E-state index in [2.05, 4.69) is 10.4 Å². The lowest BCUT2D eigenvalue weighted by atomic mass is 10.2. The highest BCUT2D eigenvalue weighted by atomic mass is 16.4. The molecular formula is C9H11N3O3. The van der Waals surface area contributed by atoms with E-state index < -0.39 is 5.97 Å². The summed E-state index contributed by atoms with van der Waals surface area (Å²) in [6.45, 7) is 0. The Hall–Kier alpha value is -1.95. The molecule has 0 saturated carbocycles. The number of hydrogen-bond acceptors (Lipinski definition) is 4. The van der Waals surface area contributed by atoms with E-state index in [1.165, 1.54) is 23.3 Å². The molecule has 0 unspecified atom stereocenters. The predicted octanol–water partition coefficient (Wildman–Crippen LogP) is -0.0138. The summed E-state index contributed by atoms with van der Waals surface area (Å²) < 4.78 is 0. The van der Waals surface area contributed by atoms with Crippen LogP contribution in [-0.4, -0.2) is 41.1 Å². The summed E-state index contributed by atoms with van der Waals surface area (Å²) in [5.41, 5.74) is 2.74. The normalized spacial score (nSPS) is 10.1. The van der Waals surface area contributed by atoms with Gasteiger partial charge in [-0.2, -0.15) is 0 Å². The lowest BCUT2D eigenvalue weighted by molar-refractivity contribution is 0.0689. The van der Waals surface area contributed by atoms with Crippen molar-refractivity contribution in [3.05, 3.63) is 29.6 Å². The summed E-state index contributed by atoms with van der Waals surface area (Å²) >= 11 is 0. The molecule has 15 heavy (non-hydrogen) atoms. The van der Waals surface area contributed by atoms with E-state index in [1.807, 2.05) is 0 Å². The number of pyridine rings is 1. The zero-order valence-electron chi connectivity index (χ0n) is 8.39. The summed E-state index contributed by atoms with van der Waals surface area (Å²) in [5, 5.41) is 10.1. The minimum Gasteiger partial charge on any atom is -0.477 e. The summed E-state index contributed by atoms with van der Waals surface area (Å²) in [4.78, 5) is 25.5. The zero-order valence-corrected chi connectivity index (χ0v) is 8.39. The van der Waals surface area contributed by atoms with Crippen molar-refractivity contribution >= 4 is 11.9 Å². The number of carbonyl (C=O) groups is 2. The molecule has 0 spiro atoms. The number of nitrogens with one attached hydrogen (secondary N) is 1. The second-order valence-electron chi connectivity index (χ2n) is 3.07. The highest BCUT2D eigenvalue weighted by Gasteiger charge is 2.08. The largest absolute Gasteiger partial charge is 0.477 e. The van der Waals surface area contributed by atoms with Crippen LogP contribution in [0.5, 0.6) is 0 Å². The number of carbonyl (C=O) groups excluding carboxylic acids is 1. The van der Waals surface area contributed by atoms with Crippen LogP contribution in [0.25, 0.3) is 0 Å². The van der Waals surface area contributed by atoms with Gasteiger partial charge in [0, 0.05) is 20.3 Å². The maximum absolute atomic E-state index is 11.4. The van der Waals surface area contributed by atoms with Crippen LogP contribution in [0.4, 0.5) is 0 Å². The molecule has 0 atom stereocenters. The Morgan fingerprint density at radius 1 is 1.40 bits per heavy atom. The molecule has 0 aromatic carbocycles. The second-order valence-corrected chi connectivity index (χ2v) is 3.07. The molecule has 0 aliphatic rings. The molecule has 1 heterocycles. The van der Waals surface area contributed by atoms with Gasteiger partial charge in [-0.1, -0.05) is 0 Å². The molecule has 6 heteroatoms. The van der Waals surface area contributed by atoms with Crippen molar-refractivity contribution in [2.45, 2.75) is 0 Å². The first-order valence-corrected chi connectivity index (χ1v) is 4.18. The van der Waals surface area contributed by atoms with Gasteiger partial charge in [-0.05, 0) is 12.1 Å². The van der Waals surface area contributed by atoms with Gasteiger partial charge in [-0.25, -0.2) is 14.8 Å². The predicted molar refractivity (Wildman–Crippen MR) is 52.3 cm³/mol. The van der Waals surface area contributed by atoms with Crippen molar-refractivity contribution in [3.8, 4) is 0 Å². The standard InChI is InChI=1S/C9H11N3O3/c1-12(2)11-8(13)6-3-4-7(9(14)15)10-5-6/h3-5H,1-2H3,(H,11,13)(H,14,15). The fraction of sp³-hybridized carbons (Fsp3) is 0.222. The Labute approximate surface area is 86.5 Å². The quantitative estimate of drug-likeness (QED) is 0.684. The molecule has 0 fully saturated rings. The Balaban J connectivity index is 2.80. The maximum atomic E-state index is 11.4. The van der Waals surface area contributed by atoms with Crippen molar-refractivity contribution in [3.63, 3.8) is 0 Å². The number of hydrogen-bond donors (Lipinski definition) is 2. The summed E-state index contributed by atoms with van der Waals surface area (Å²) in [6, 6.07) is 2.70. The van der Waals surface area contributed by atoms with Gasteiger partial charge in [0.15, 0.2) is 0 Å². The minimum atomic E-state index is -1.12. The molecule has 0 saturated heterocycles. The van der Waals surface area contributed by atoms with Gasteiger partial charge in [-0.15, -0.1) is 0 Å². The van der Waals surface area contributed by atoms with Gasteiger partial charge in [-0.3, -0.25) is 10.2 Å². The Bertz CT molecular complexity index is 373. The highest BCUT2D eigenvalue weighted by Crippen LogP contribution is 2.00. The number of aromatic nitrogens is 1. The molecule has 0 radical (unpaired) electrons. The first-order chi connectivity index (χ1) is 7.00. The van der Waals surface area contributed by atoms with Crippen LogP contribution in [0.15, 0.2) is 18.3 Å². The average molecular weight is 209 g/mol. The molecule has 80 valence electrons. The van der Waals surface area contributed by atoms with Crippen LogP contribution in [0.1, 0.15) is 20.8 Å². The van der Waals surface area contributed by atoms with Crippen LogP contribution in [0.3, 0.4) is 0 Å². The molecule has 1 aromatic rings. The van der Waals surface area contributed by atoms with E-state index in [0.717, 1.165) is 0 Å². The van der Waals surface area contributed by atoms with Crippen LogP contribution in [0.2, 0.25) is 0 Å². The van der Waals surface area contributed by atoms with E-state index >= 15 is 0 Å². The lowest BCUT2D eigenvalue weighted by Crippen LogP contribution is -2.36. The maximum Gasteiger partial charge on any atom is 0.354 e. The first-order valence-electron chi connectivity index (χ1n) is 4.18. The Kier molecular flexibility index (Phi) is 3.35. The third-order valence-electron chi connectivity index (χ3n) is 1.57. The highest BCUT2D eigenvalue weighted by molar-refractivity contribution is 5.94. The summed E-state index contributed by atoms with van der Waals surface area (Å²) in [5.74, 6) is -1.45. The third-order valence-corrected chi connectivity index (χ3v) is 1.57. The minimum absolute atomic E-state index is 0.0867. The van der Waals surface area contributed by atoms with Crippen LogP contribution in [-0.2, 0) is 0 Å². The lowest BCUT2D eigenvalue weighted by Gasteiger charge is -2.11. The van der Waals surface area contributed by atoms with Gasteiger partial charge >= 0.3 is 5.97 Å². The van der Waals surface area contributed by atoms with Crippen molar-refractivity contribution in [2.24, 2.45) is 0 Å². The molecule has 1 amide bonds. The molecule has 1 rings (SSSR count). The van der Waals surface area contributed by atoms with Crippen LogP contribution in [0, 0.1) is 0 Å². The van der Waals surface area contributed by atoms with E-state index in [9.17, 15) is 9.59 Å². The van der Waals surface area contributed by atoms with E-state index in [1.54, 1.807) is 14.1 Å². The fourth-order valence-electron chi connectivity index (χ4n) is 0.922. The monoisotopic (exact) mass is 209 g/mol. The molecule has 6 nitrogen and oxygen atoms in total. The van der Waals surface area contributed by atoms with Gasteiger partial charge in [0.2, 0.25) is 0 Å². The molecule has 0 bridgehead atoms. The number of hydrazine groups is 1. The Morgan fingerprint density at radius 2 is 2.07 bits per heavy atom. The topological polar surface area (TPSA) is 82.5 Å². The number of rotatable bonds is 3. The summed E-state index contributed by atoms with van der Waals surface area (Å²) in [7, 11) is 3.36. The van der Waals surface area contributed by atoms with Gasteiger partial charge < -0.3 is 5.11 Å². The van der Waals surface area contributed by atoms with Gasteiger partial charge in [0.1, 0.15) is 5.69 Å². The molecule has 2 N–H and O–H groups in total. The number of carboxylic acid groups (broad SMARTS) is 1. The third kappa shape index (κ3) is 3.03. The number of aromatic carboxylic acids is 1.